The first-order valence-electron chi connectivity index (χ1n) is 8.61. The molecular weight excluding hydrogens is 296 g/mol. The average Bonchev–Trinajstić information content (AvgIpc) is 2.55. The van der Waals surface area contributed by atoms with Crippen LogP contribution in [0, 0.1) is 6.92 Å². The summed E-state index contributed by atoms with van der Waals surface area (Å²) in [6.45, 7) is 11.2. The van der Waals surface area contributed by atoms with Crippen molar-refractivity contribution in [3.05, 3.63) is 58.7 Å². The zero-order valence-electron chi connectivity index (χ0n) is 16.1. The Morgan fingerprint density at radius 1 is 0.917 bits per heavy atom. The Balaban J connectivity index is 2.45. The number of benzene rings is 2. The van der Waals surface area contributed by atoms with Crippen LogP contribution in [0.25, 0.3) is 0 Å². The second-order valence-corrected chi connectivity index (χ2v) is 7.38. The first-order valence-corrected chi connectivity index (χ1v) is 8.61. The lowest BCUT2D eigenvalue weighted by Crippen LogP contribution is -2.22. The number of hydrogen-bond donors (Lipinski definition) is 0. The van der Waals surface area contributed by atoms with Gasteiger partial charge in [-0.05, 0) is 53.5 Å². The minimum Gasteiger partial charge on any atom is -0.496 e. The Labute approximate surface area is 146 Å². The van der Waals surface area contributed by atoms with Crippen molar-refractivity contribution in [3.63, 3.8) is 0 Å². The van der Waals surface area contributed by atoms with E-state index in [0.717, 1.165) is 17.9 Å². The van der Waals surface area contributed by atoms with Gasteiger partial charge in [-0.15, -0.1) is 0 Å². The highest BCUT2D eigenvalue weighted by Gasteiger charge is 2.26. The Bertz CT molecular complexity index is 699. The number of ether oxygens (including phenoxy) is 2. The van der Waals surface area contributed by atoms with Crippen LogP contribution in [0.3, 0.4) is 0 Å². The van der Waals surface area contributed by atoms with Gasteiger partial charge in [0.2, 0.25) is 0 Å². The molecule has 2 rings (SSSR count). The summed E-state index contributed by atoms with van der Waals surface area (Å²) in [7, 11) is 3.49. The molecule has 0 bridgehead atoms. The molecular formula is C22H30O2. The zero-order chi connectivity index (χ0) is 17.9. The smallest absolute Gasteiger partial charge is 0.122 e. The van der Waals surface area contributed by atoms with Gasteiger partial charge < -0.3 is 9.47 Å². The largest absolute Gasteiger partial charge is 0.496 e. The molecule has 24 heavy (non-hydrogen) atoms. The molecule has 0 saturated heterocycles. The van der Waals surface area contributed by atoms with E-state index in [0.29, 0.717) is 5.92 Å². The predicted octanol–water partition coefficient (Wildman–Crippen LogP) is 5.66. The minimum atomic E-state index is -0.0137. The van der Waals surface area contributed by atoms with Gasteiger partial charge in [0.15, 0.2) is 0 Å². The van der Waals surface area contributed by atoms with Gasteiger partial charge in [0.1, 0.15) is 11.5 Å². The minimum absolute atomic E-state index is 0.0137. The lowest BCUT2D eigenvalue weighted by atomic mass is 9.77. The van der Waals surface area contributed by atoms with Crippen molar-refractivity contribution in [2.24, 2.45) is 0 Å². The molecule has 130 valence electrons. The SMILES string of the molecule is COc1ccccc1C(C)(C)Cc1ccc(OC)c(C(C)C)c1C. The van der Waals surface area contributed by atoms with Crippen LogP contribution in [-0.2, 0) is 11.8 Å². The molecule has 0 atom stereocenters. The first kappa shape index (κ1) is 18.4. The molecule has 0 unspecified atom stereocenters. The summed E-state index contributed by atoms with van der Waals surface area (Å²) in [4.78, 5) is 0. The molecule has 2 aromatic carbocycles. The Hall–Kier alpha value is -1.96. The van der Waals surface area contributed by atoms with E-state index in [2.05, 4.69) is 58.9 Å². The maximum Gasteiger partial charge on any atom is 0.122 e. The number of rotatable bonds is 6. The maximum atomic E-state index is 5.58. The second kappa shape index (κ2) is 7.29. The summed E-state index contributed by atoms with van der Waals surface area (Å²) in [5.74, 6) is 2.38. The summed E-state index contributed by atoms with van der Waals surface area (Å²) >= 11 is 0. The fourth-order valence-electron chi connectivity index (χ4n) is 3.61. The van der Waals surface area contributed by atoms with Crippen molar-refractivity contribution >= 4 is 0 Å². The Kier molecular flexibility index (Phi) is 5.58. The van der Waals surface area contributed by atoms with Crippen LogP contribution in [0.4, 0.5) is 0 Å². The fourth-order valence-corrected chi connectivity index (χ4v) is 3.61. The van der Waals surface area contributed by atoms with Crippen molar-refractivity contribution in [2.45, 2.75) is 52.4 Å². The van der Waals surface area contributed by atoms with Crippen molar-refractivity contribution in [1.82, 2.24) is 0 Å². The highest BCUT2D eigenvalue weighted by atomic mass is 16.5. The van der Waals surface area contributed by atoms with Crippen LogP contribution in [0.1, 0.15) is 55.9 Å². The van der Waals surface area contributed by atoms with E-state index >= 15 is 0 Å². The van der Waals surface area contributed by atoms with Gasteiger partial charge in [-0.25, -0.2) is 0 Å². The van der Waals surface area contributed by atoms with Gasteiger partial charge in [0, 0.05) is 5.56 Å². The molecule has 0 heterocycles. The van der Waals surface area contributed by atoms with E-state index in [-0.39, 0.29) is 5.41 Å². The van der Waals surface area contributed by atoms with E-state index in [1.165, 1.54) is 22.3 Å². The highest BCUT2D eigenvalue weighted by Crippen LogP contribution is 2.38. The van der Waals surface area contributed by atoms with Crippen molar-refractivity contribution in [2.75, 3.05) is 14.2 Å². The third-order valence-electron chi connectivity index (χ3n) is 4.85. The van der Waals surface area contributed by atoms with Gasteiger partial charge in [-0.1, -0.05) is 52.0 Å². The lowest BCUT2D eigenvalue weighted by molar-refractivity contribution is 0.390. The van der Waals surface area contributed by atoms with E-state index in [4.69, 9.17) is 9.47 Å². The summed E-state index contributed by atoms with van der Waals surface area (Å²) < 4.78 is 11.2. The van der Waals surface area contributed by atoms with Crippen molar-refractivity contribution in [1.29, 1.82) is 0 Å². The normalized spacial score (nSPS) is 11.7. The molecule has 0 saturated carbocycles. The lowest BCUT2D eigenvalue weighted by Gasteiger charge is -2.29. The number of hydrogen-bond acceptors (Lipinski definition) is 2. The van der Waals surface area contributed by atoms with Crippen LogP contribution >= 0.6 is 0 Å². The van der Waals surface area contributed by atoms with Crippen LogP contribution < -0.4 is 9.47 Å². The third kappa shape index (κ3) is 3.58. The molecule has 0 aliphatic heterocycles. The predicted molar refractivity (Wildman–Crippen MR) is 102 cm³/mol. The number of para-hydroxylation sites is 1. The van der Waals surface area contributed by atoms with E-state index < -0.39 is 0 Å². The molecule has 2 nitrogen and oxygen atoms in total. The van der Waals surface area contributed by atoms with Gasteiger partial charge in [0.25, 0.3) is 0 Å². The van der Waals surface area contributed by atoms with Gasteiger partial charge in [0.05, 0.1) is 14.2 Å². The van der Waals surface area contributed by atoms with Gasteiger partial charge in [-0.3, -0.25) is 0 Å². The molecule has 0 N–H and O–H groups in total. The molecule has 0 aliphatic rings. The average molecular weight is 326 g/mol. The summed E-state index contributed by atoms with van der Waals surface area (Å²) in [6.07, 6.45) is 0.961. The summed E-state index contributed by atoms with van der Waals surface area (Å²) in [6, 6.07) is 12.6. The summed E-state index contributed by atoms with van der Waals surface area (Å²) in [5, 5.41) is 0. The summed E-state index contributed by atoms with van der Waals surface area (Å²) in [5.41, 5.74) is 5.25. The van der Waals surface area contributed by atoms with E-state index in [9.17, 15) is 0 Å². The van der Waals surface area contributed by atoms with Crippen molar-refractivity contribution < 1.29 is 9.47 Å². The first-order chi connectivity index (χ1) is 11.3. The molecule has 0 aromatic heterocycles. The standard InChI is InChI=1S/C22H30O2/c1-15(2)21-16(3)17(12-13-20(21)24-7)14-22(4,5)18-10-8-9-11-19(18)23-6/h8-13,15H,14H2,1-7H3. The Morgan fingerprint density at radius 3 is 2.12 bits per heavy atom. The fraction of sp³-hybridized carbons (Fsp3) is 0.455. The van der Waals surface area contributed by atoms with Crippen molar-refractivity contribution in [3.8, 4) is 11.5 Å². The van der Waals surface area contributed by atoms with Gasteiger partial charge >= 0.3 is 0 Å². The third-order valence-corrected chi connectivity index (χ3v) is 4.85. The van der Waals surface area contributed by atoms with Crippen LogP contribution in [0.15, 0.2) is 36.4 Å². The van der Waals surface area contributed by atoms with Crippen LogP contribution in [-0.4, -0.2) is 14.2 Å². The van der Waals surface area contributed by atoms with E-state index in [1.54, 1.807) is 14.2 Å². The van der Waals surface area contributed by atoms with Gasteiger partial charge in [-0.2, -0.15) is 0 Å². The highest BCUT2D eigenvalue weighted by molar-refractivity contribution is 5.48. The second-order valence-electron chi connectivity index (χ2n) is 7.38. The monoisotopic (exact) mass is 326 g/mol. The molecule has 2 heteroatoms. The molecule has 0 spiro atoms. The van der Waals surface area contributed by atoms with Crippen LogP contribution in [0.5, 0.6) is 11.5 Å². The molecule has 0 amide bonds. The van der Waals surface area contributed by atoms with Crippen LogP contribution in [0.2, 0.25) is 0 Å². The molecule has 2 aromatic rings. The number of methoxy groups -OCH3 is 2. The van der Waals surface area contributed by atoms with E-state index in [1.807, 2.05) is 12.1 Å². The molecule has 0 fully saturated rings. The molecule has 0 radical (unpaired) electrons. The maximum absolute atomic E-state index is 5.58. The zero-order valence-corrected chi connectivity index (χ0v) is 16.1. The topological polar surface area (TPSA) is 18.5 Å². The Morgan fingerprint density at radius 2 is 1.54 bits per heavy atom. The molecule has 0 aliphatic carbocycles. The quantitative estimate of drug-likeness (QED) is 0.682.